The van der Waals surface area contributed by atoms with E-state index in [0.717, 1.165) is 26.1 Å². The molecule has 1 aromatic rings. The fourth-order valence-corrected chi connectivity index (χ4v) is 2.62. The molecule has 0 saturated carbocycles. The van der Waals surface area contributed by atoms with Crippen molar-refractivity contribution in [2.24, 2.45) is 0 Å². The predicted octanol–water partition coefficient (Wildman–Crippen LogP) is 1.12. The van der Waals surface area contributed by atoms with Crippen LogP contribution in [0.25, 0.3) is 0 Å². The highest BCUT2D eigenvalue weighted by molar-refractivity contribution is 5.76. The van der Waals surface area contributed by atoms with E-state index < -0.39 is 12.0 Å². The smallest absolute Gasteiger partial charge is 0.325 e. The lowest BCUT2D eigenvalue weighted by molar-refractivity contribution is -0.143. The van der Waals surface area contributed by atoms with Gasteiger partial charge in [0.15, 0.2) is 0 Å². The molecular formula is C15H22N2O4. The number of hydrogen-bond donors (Lipinski definition) is 2. The summed E-state index contributed by atoms with van der Waals surface area (Å²) in [5.74, 6) is 0.347. The van der Waals surface area contributed by atoms with Crippen molar-refractivity contribution in [1.82, 2.24) is 10.2 Å². The van der Waals surface area contributed by atoms with Gasteiger partial charge in [0.2, 0.25) is 0 Å². The highest BCUT2D eigenvalue weighted by Gasteiger charge is 2.28. The van der Waals surface area contributed by atoms with Gasteiger partial charge in [-0.25, -0.2) is 0 Å². The quantitative estimate of drug-likeness (QED) is 0.848. The summed E-state index contributed by atoms with van der Waals surface area (Å²) in [4.78, 5) is 13.7. The molecule has 1 heterocycles. The lowest BCUT2D eigenvalue weighted by atomic mass is 10.0. The normalized spacial score (nSPS) is 17.8. The summed E-state index contributed by atoms with van der Waals surface area (Å²) in [6, 6.07) is 4.58. The first-order chi connectivity index (χ1) is 10.2. The van der Waals surface area contributed by atoms with Crippen molar-refractivity contribution >= 4 is 5.97 Å². The van der Waals surface area contributed by atoms with Crippen molar-refractivity contribution in [3.8, 4) is 11.5 Å². The number of rotatable bonds is 5. The van der Waals surface area contributed by atoms with Crippen LogP contribution in [0, 0.1) is 0 Å². The van der Waals surface area contributed by atoms with Gasteiger partial charge in [0.05, 0.1) is 14.2 Å². The molecular weight excluding hydrogens is 272 g/mol. The number of benzene rings is 1. The van der Waals surface area contributed by atoms with Crippen LogP contribution in [0.1, 0.15) is 18.0 Å². The molecule has 1 fully saturated rings. The van der Waals surface area contributed by atoms with Crippen molar-refractivity contribution in [3.63, 3.8) is 0 Å². The maximum atomic E-state index is 11.8. The number of methoxy groups -OCH3 is 2. The van der Waals surface area contributed by atoms with E-state index in [1.165, 1.54) is 0 Å². The number of carboxylic acids is 1. The highest BCUT2D eigenvalue weighted by Crippen LogP contribution is 2.30. The summed E-state index contributed by atoms with van der Waals surface area (Å²) >= 11 is 0. The van der Waals surface area contributed by atoms with Gasteiger partial charge in [-0.15, -0.1) is 0 Å². The van der Waals surface area contributed by atoms with E-state index >= 15 is 0 Å². The fraction of sp³-hybridized carbons (Fsp3) is 0.533. The molecule has 2 rings (SSSR count). The molecule has 0 aromatic heterocycles. The average molecular weight is 294 g/mol. The number of ether oxygens (including phenoxy) is 2. The van der Waals surface area contributed by atoms with Crippen LogP contribution in [-0.2, 0) is 4.79 Å². The summed E-state index contributed by atoms with van der Waals surface area (Å²) in [7, 11) is 3.12. The molecule has 6 nitrogen and oxygen atoms in total. The minimum absolute atomic E-state index is 0.601. The van der Waals surface area contributed by atoms with Crippen LogP contribution in [0.4, 0.5) is 0 Å². The summed E-state index contributed by atoms with van der Waals surface area (Å²) < 4.78 is 10.5. The Hall–Kier alpha value is -1.79. The van der Waals surface area contributed by atoms with Crippen molar-refractivity contribution in [2.45, 2.75) is 12.5 Å². The second-order valence-corrected chi connectivity index (χ2v) is 5.03. The first kappa shape index (κ1) is 15.6. The molecule has 0 bridgehead atoms. The first-order valence-corrected chi connectivity index (χ1v) is 7.06. The molecule has 116 valence electrons. The largest absolute Gasteiger partial charge is 0.497 e. The van der Waals surface area contributed by atoms with E-state index in [-0.39, 0.29) is 0 Å². The Labute approximate surface area is 124 Å². The second kappa shape index (κ2) is 7.28. The Balaban J connectivity index is 2.34. The van der Waals surface area contributed by atoms with Crippen LogP contribution in [-0.4, -0.2) is 56.4 Å². The third-order valence-electron chi connectivity index (χ3n) is 3.66. The fourth-order valence-electron chi connectivity index (χ4n) is 2.62. The van der Waals surface area contributed by atoms with Gasteiger partial charge in [-0.2, -0.15) is 0 Å². The van der Waals surface area contributed by atoms with Gasteiger partial charge in [-0.1, -0.05) is 0 Å². The average Bonchev–Trinajstić information content (AvgIpc) is 2.75. The van der Waals surface area contributed by atoms with Crippen LogP contribution in [0.15, 0.2) is 18.2 Å². The van der Waals surface area contributed by atoms with Gasteiger partial charge < -0.3 is 19.9 Å². The summed E-state index contributed by atoms with van der Waals surface area (Å²) in [5.41, 5.74) is 0.681. The molecule has 6 heteroatoms. The molecule has 1 aliphatic rings. The molecule has 2 N–H and O–H groups in total. The van der Waals surface area contributed by atoms with E-state index in [9.17, 15) is 9.90 Å². The molecule has 1 saturated heterocycles. The molecule has 21 heavy (non-hydrogen) atoms. The molecule has 1 atom stereocenters. The van der Waals surface area contributed by atoms with Gasteiger partial charge in [0, 0.05) is 25.7 Å². The number of carbonyl (C=O) groups is 1. The Bertz CT molecular complexity index is 462. The Morgan fingerprint density at radius 3 is 2.43 bits per heavy atom. The van der Waals surface area contributed by atoms with Crippen molar-refractivity contribution in [3.05, 3.63) is 23.8 Å². The topological polar surface area (TPSA) is 71.0 Å². The van der Waals surface area contributed by atoms with Gasteiger partial charge in [-0.3, -0.25) is 9.69 Å². The molecule has 0 spiro atoms. The molecule has 1 aromatic carbocycles. The maximum Gasteiger partial charge on any atom is 0.325 e. The van der Waals surface area contributed by atoms with Crippen LogP contribution in [0.5, 0.6) is 11.5 Å². The van der Waals surface area contributed by atoms with Gasteiger partial charge in [-0.05, 0) is 30.7 Å². The minimum atomic E-state index is -0.854. The van der Waals surface area contributed by atoms with E-state index in [2.05, 4.69) is 5.32 Å². The maximum absolute atomic E-state index is 11.8. The number of carboxylic acid groups (broad SMARTS) is 1. The Kier molecular flexibility index (Phi) is 5.41. The van der Waals surface area contributed by atoms with Crippen LogP contribution < -0.4 is 14.8 Å². The molecule has 0 amide bonds. The number of hydrogen-bond acceptors (Lipinski definition) is 5. The van der Waals surface area contributed by atoms with Crippen molar-refractivity contribution < 1.29 is 19.4 Å². The Morgan fingerprint density at radius 1 is 1.19 bits per heavy atom. The van der Waals surface area contributed by atoms with Gasteiger partial charge in [0.25, 0.3) is 0 Å². The van der Waals surface area contributed by atoms with Crippen molar-refractivity contribution in [2.75, 3.05) is 40.4 Å². The molecule has 1 unspecified atom stereocenters. The second-order valence-electron chi connectivity index (χ2n) is 5.03. The monoisotopic (exact) mass is 294 g/mol. The third-order valence-corrected chi connectivity index (χ3v) is 3.66. The zero-order valence-corrected chi connectivity index (χ0v) is 12.5. The van der Waals surface area contributed by atoms with E-state index in [1.807, 2.05) is 4.90 Å². The zero-order chi connectivity index (χ0) is 15.2. The van der Waals surface area contributed by atoms with Gasteiger partial charge >= 0.3 is 5.97 Å². The molecule has 1 aliphatic heterocycles. The summed E-state index contributed by atoms with van der Waals surface area (Å²) in [6.07, 6.45) is 0.935. The minimum Gasteiger partial charge on any atom is -0.497 e. The van der Waals surface area contributed by atoms with Crippen LogP contribution >= 0.6 is 0 Å². The molecule has 0 radical (unpaired) electrons. The SMILES string of the molecule is COc1cc(OC)cc(C(C(=O)O)N2CCCNCC2)c1. The number of nitrogens with one attached hydrogen (secondary N) is 1. The van der Waals surface area contributed by atoms with Crippen molar-refractivity contribution in [1.29, 1.82) is 0 Å². The van der Waals surface area contributed by atoms with Crippen LogP contribution in [0.3, 0.4) is 0 Å². The van der Waals surface area contributed by atoms with Crippen LogP contribution in [0.2, 0.25) is 0 Å². The highest BCUT2D eigenvalue weighted by atomic mass is 16.5. The summed E-state index contributed by atoms with van der Waals surface area (Å²) in [5, 5.41) is 12.9. The van der Waals surface area contributed by atoms with E-state index in [0.29, 0.717) is 23.6 Å². The third kappa shape index (κ3) is 3.86. The first-order valence-electron chi connectivity index (χ1n) is 7.06. The van der Waals surface area contributed by atoms with Gasteiger partial charge in [0.1, 0.15) is 17.5 Å². The predicted molar refractivity (Wildman–Crippen MR) is 79.0 cm³/mol. The zero-order valence-electron chi connectivity index (χ0n) is 12.5. The van der Waals surface area contributed by atoms with E-state index in [4.69, 9.17) is 9.47 Å². The summed E-state index contributed by atoms with van der Waals surface area (Å²) in [6.45, 7) is 3.18. The van der Waals surface area contributed by atoms with E-state index in [1.54, 1.807) is 32.4 Å². The Morgan fingerprint density at radius 2 is 1.86 bits per heavy atom. The number of aliphatic carboxylic acids is 1. The number of nitrogens with zero attached hydrogens (tertiary/aromatic N) is 1. The standard InChI is InChI=1S/C15H22N2O4/c1-20-12-8-11(9-13(10-12)21-2)14(15(18)19)17-6-3-4-16-5-7-17/h8-10,14,16H,3-7H2,1-2H3,(H,18,19). The lowest BCUT2D eigenvalue weighted by Crippen LogP contribution is -2.36. The molecule has 0 aliphatic carbocycles. The lowest BCUT2D eigenvalue weighted by Gasteiger charge is -2.27.